The quantitative estimate of drug-likeness (QED) is 0.752. The molecule has 0 saturated heterocycles. The molecule has 0 aliphatic carbocycles. The Kier molecular flexibility index (Phi) is 5.46. The second-order valence-electron chi connectivity index (χ2n) is 5.47. The van der Waals surface area contributed by atoms with Gasteiger partial charge in [0.15, 0.2) is 0 Å². The molecular formula is C16H18FN3O3. The lowest BCUT2D eigenvalue weighted by molar-refractivity contribution is -0.122. The van der Waals surface area contributed by atoms with Crippen molar-refractivity contribution in [1.82, 2.24) is 15.3 Å². The Hall–Kier alpha value is -2.70. The van der Waals surface area contributed by atoms with Crippen molar-refractivity contribution in [2.24, 2.45) is 5.92 Å². The molecule has 0 radical (unpaired) electrons. The van der Waals surface area contributed by atoms with E-state index in [0.29, 0.717) is 6.42 Å². The number of benzene rings is 1. The van der Waals surface area contributed by atoms with Crippen LogP contribution in [0, 0.1) is 11.7 Å². The molecular weight excluding hydrogens is 301 g/mol. The molecule has 2 rings (SSSR count). The van der Waals surface area contributed by atoms with Crippen LogP contribution >= 0.6 is 0 Å². The van der Waals surface area contributed by atoms with Gasteiger partial charge in [-0.15, -0.1) is 0 Å². The number of amides is 1. The van der Waals surface area contributed by atoms with E-state index >= 15 is 0 Å². The maximum Gasteiger partial charge on any atom is 0.254 e. The van der Waals surface area contributed by atoms with Crippen molar-refractivity contribution in [3.63, 3.8) is 0 Å². The van der Waals surface area contributed by atoms with Gasteiger partial charge >= 0.3 is 0 Å². The van der Waals surface area contributed by atoms with Gasteiger partial charge in [0.1, 0.15) is 11.6 Å². The van der Waals surface area contributed by atoms with Crippen molar-refractivity contribution >= 4 is 5.91 Å². The Morgan fingerprint density at radius 2 is 2.22 bits per heavy atom. The van der Waals surface area contributed by atoms with Crippen molar-refractivity contribution in [3.05, 3.63) is 57.9 Å². The highest BCUT2D eigenvalue weighted by atomic mass is 19.1. The minimum Gasteiger partial charge on any atom is -0.493 e. The summed E-state index contributed by atoms with van der Waals surface area (Å²) in [5, 5.41) is 11.8. The van der Waals surface area contributed by atoms with E-state index in [1.54, 1.807) is 6.07 Å². The second kappa shape index (κ2) is 7.53. The molecule has 2 aromatic rings. The van der Waals surface area contributed by atoms with Crippen LogP contribution in [0.5, 0.6) is 5.88 Å². The molecule has 23 heavy (non-hydrogen) atoms. The molecule has 6 nitrogen and oxygen atoms in total. The Morgan fingerprint density at radius 1 is 1.43 bits per heavy atom. The molecule has 1 heterocycles. The van der Waals surface area contributed by atoms with Gasteiger partial charge in [0.25, 0.3) is 5.56 Å². The normalized spacial score (nSPS) is 11.9. The first-order chi connectivity index (χ1) is 10.9. The molecule has 0 aliphatic heterocycles. The third kappa shape index (κ3) is 5.54. The van der Waals surface area contributed by atoms with Gasteiger partial charge < -0.3 is 15.4 Å². The number of aromatic amines is 1. The van der Waals surface area contributed by atoms with Crippen molar-refractivity contribution in [2.45, 2.75) is 26.3 Å². The van der Waals surface area contributed by atoms with Crippen molar-refractivity contribution < 1.29 is 14.3 Å². The van der Waals surface area contributed by atoms with Crippen molar-refractivity contribution in [3.8, 4) is 5.88 Å². The molecule has 122 valence electrons. The molecule has 0 spiro atoms. The summed E-state index contributed by atoms with van der Waals surface area (Å²) in [5.41, 5.74) is 0.352. The van der Waals surface area contributed by atoms with E-state index < -0.39 is 11.4 Å². The fraction of sp³-hybridized carbons (Fsp3) is 0.312. The summed E-state index contributed by atoms with van der Waals surface area (Å²) < 4.78 is 13.1. The summed E-state index contributed by atoms with van der Waals surface area (Å²) in [5.74, 6) is -0.676. The minimum absolute atomic E-state index is 0.0230. The number of carbonyl (C=O) groups excluding carboxylic acids is 1. The van der Waals surface area contributed by atoms with Gasteiger partial charge in [-0.05, 0) is 30.0 Å². The van der Waals surface area contributed by atoms with Gasteiger partial charge in [0.05, 0.1) is 12.6 Å². The summed E-state index contributed by atoms with van der Waals surface area (Å²) in [6, 6.07) is 7.24. The molecule has 0 aliphatic rings. The summed E-state index contributed by atoms with van der Waals surface area (Å²) in [6.07, 6.45) is 0.853. The number of rotatable bonds is 6. The van der Waals surface area contributed by atoms with Gasteiger partial charge in [-0.2, -0.15) is 4.98 Å². The van der Waals surface area contributed by atoms with E-state index in [4.69, 9.17) is 0 Å². The lowest BCUT2D eigenvalue weighted by atomic mass is 9.98. The number of hydrogen-bond acceptors (Lipinski definition) is 4. The Bertz CT molecular complexity index is 745. The van der Waals surface area contributed by atoms with Gasteiger partial charge in [-0.25, -0.2) is 4.39 Å². The molecule has 0 fully saturated rings. The molecule has 0 saturated carbocycles. The number of aromatic hydroxyl groups is 1. The fourth-order valence-corrected chi connectivity index (χ4v) is 2.29. The van der Waals surface area contributed by atoms with Gasteiger partial charge in [-0.1, -0.05) is 19.1 Å². The van der Waals surface area contributed by atoms with E-state index in [1.165, 1.54) is 12.1 Å². The van der Waals surface area contributed by atoms with Crippen LogP contribution in [-0.2, 0) is 17.8 Å². The SMILES string of the molecule is CC(CC(=O)NCc1nc(O)cc(=O)[nH]1)Cc1cccc(F)c1. The Balaban J connectivity index is 1.83. The zero-order valence-corrected chi connectivity index (χ0v) is 12.7. The largest absolute Gasteiger partial charge is 0.493 e. The van der Waals surface area contributed by atoms with E-state index in [0.717, 1.165) is 11.6 Å². The zero-order valence-electron chi connectivity index (χ0n) is 12.7. The van der Waals surface area contributed by atoms with Crippen molar-refractivity contribution in [1.29, 1.82) is 0 Å². The summed E-state index contributed by atoms with van der Waals surface area (Å²) in [7, 11) is 0. The predicted molar refractivity (Wildman–Crippen MR) is 82.3 cm³/mol. The molecule has 0 bridgehead atoms. The van der Waals surface area contributed by atoms with Crippen LogP contribution in [0.3, 0.4) is 0 Å². The third-order valence-corrected chi connectivity index (χ3v) is 3.24. The Labute approximate surface area is 132 Å². The zero-order chi connectivity index (χ0) is 16.8. The first kappa shape index (κ1) is 16.7. The number of hydrogen-bond donors (Lipinski definition) is 3. The highest BCUT2D eigenvalue weighted by molar-refractivity contribution is 5.76. The highest BCUT2D eigenvalue weighted by Gasteiger charge is 2.11. The first-order valence-electron chi connectivity index (χ1n) is 7.22. The highest BCUT2D eigenvalue weighted by Crippen LogP contribution is 2.13. The average molecular weight is 319 g/mol. The fourth-order valence-electron chi connectivity index (χ4n) is 2.29. The number of carbonyl (C=O) groups is 1. The topological polar surface area (TPSA) is 95.1 Å². The first-order valence-corrected chi connectivity index (χ1v) is 7.22. The summed E-state index contributed by atoms with van der Waals surface area (Å²) in [6.45, 7) is 1.92. The van der Waals surface area contributed by atoms with Gasteiger partial charge in [0.2, 0.25) is 11.8 Å². The molecule has 3 N–H and O–H groups in total. The maximum atomic E-state index is 13.1. The predicted octanol–water partition coefficient (Wildman–Crippen LogP) is 1.50. The van der Waals surface area contributed by atoms with Gasteiger partial charge in [0, 0.05) is 6.42 Å². The van der Waals surface area contributed by atoms with E-state index in [-0.39, 0.29) is 36.4 Å². The van der Waals surface area contributed by atoms with Crippen LogP contribution in [0.25, 0.3) is 0 Å². The van der Waals surface area contributed by atoms with Crippen LogP contribution in [0.4, 0.5) is 4.39 Å². The van der Waals surface area contributed by atoms with E-state index in [2.05, 4.69) is 15.3 Å². The monoisotopic (exact) mass is 319 g/mol. The van der Waals surface area contributed by atoms with Crippen LogP contribution in [0.1, 0.15) is 24.7 Å². The number of halogens is 1. The summed E-state index contributed by atoms with van der Waals surface area (Å²) in [4.78, 5) is 29.2. The standard InChI is InChI=1S/C16H18FN3O3/c1-10(5-11-3-2-4-12(17)7-11)6-14(21)18-9-13-19-15(22)8-16(23)20-13/h2-4,7-8,10H,5-6,9H2,1H3,(H,18,21)(H2,19,20,22,23). The van der Waals surface area contributed by atoms with Crippen LogP contribution in [0.15, 0.2) is 35.1 Å². The Morgan fingerprint density at radius 3 is 2.91 bits per heavy atom. The summed E-state index contributed by atoms with van der Waals surface area (Å²) >= 11 is 0. The molecule has 7 heteroatoms. The van der Waals surface area contributed by atoms with Gasteiger partial charge in [-0.3, -0.25) is 9.59 Å². The van der Waals surface area contributed by atoms with Crippen LogP contribution in [0.2, 0.25) is 0 Å². The number of nitrogens with zero attached hydrogens (tertiary/aromatic N) is 1. The lowest BCUT2D eigenvalue weighted by Crippen LogP contribution is -2.27. The average Bonchev–Trinajstić information content (AvgIpc) is 2.44. The molecule has 1 aromatic heterocycles. The molecule has 1 amide bonds. The van der Waals surface area contributed by atoms with Crippen LogP contribution < -0.4 is 10.9 Å². The number of H-pyrrole nitrogens is 1. The molecule has 1 unspecified atom stereocenters. The number of nitrogens with one attached hydrogen (secondary N) is 2. The molecule has 1 aromatic carbocycles. The van der Waals surface area contributed by atoms with E-state index in [1.807, 2.05) is 13.0 Å². The minimum atomic E-state index is -0.485. The second-order valence-corrected chi connectivity index (χ2v) is 5.47. The van der Waals surface area contributed by atoms with Crippen LogP contribution in [-0.4, -0.2) is 21.0 Å². The van der Waals surface area contributed by atoms with Crippen molar-refractivity contribution in [2.75, 3.05) is 0 Å². The van der Waals surface area contributed by atoms with E-state index in [9.17, 15) is 19.1 Å². The smallest absolute Gasteiger partial charge is 0.254 e. The molecule has 1 atom stereocenters. The third-order valence-electron chi connectivity index (χ3n) is 3.24. The number of aromatic nitrogens is 2. The maximum absolute atomic E-state index is 13.1. The lowest BCUT2D eigenvalue weighted by Gasteiger charge is -2.11.